The van der Waals surface area contributed by atoms with Crippen LogP contribution in [0.5, 0.6) is 0 Å². The Morgan fingerprint density at radius 3 is 2.79 bits per heavy atom. The first-order valence-corrected chi connectivity index (χ1v) is 12.3. The fraction of sp³-hybridized carbons (Fsp3) is 0.185. The molecule has 0 amide bonds. The number of pyridine rings is 1. The van der Waals surface area contributed by atoms with E-state index in [9.17, 15) is 4.79 Å². The lowest BCUT2D eigenvalue weighted by Crippen LogP contribution is -2.13. The SMILES string of the molecule is O=c1[nH]c(C(=Cc2cnn(Cc3ccccc3)c2)c2ccccn2)nc2sc3c(c12)CCCC3. The number of fused-ring (bicyclic) bond motifs is 3. The molecule has 34 heavy (non-hydrogen) atoms. The lowest BCUT2D eigenvalue weighted by molar-refractivity contribution is 0.687. The normalized spacial score (nSPS) is 13.8. The van der Waals surface area contributed by atoms with Gasteiger partial charge in [0, 0.05) is 28.4 Å². The van der Waals surface area contributed by atoms with Crippen LogP contribution in [0.25, 0.3) is 21.9 Å². The van der Waals surface area contributed by atoms with Crippen LogP contribution >= 0.6 is 11.3 Å². The first kappa shape index (κ1) is 20.7. The molecule has 4 aromatic heterocycles. The lowest BCUT2D eigenvalue weighted by atomic mass is 9.97. The molecule has 0 radical (unpaired) electrons. The Labute approximate surface area is 200 Å². The lowest BCUT2D eigenvalue weighted by Gasteiger charge is -2.10. The third-order valence-corrected chi connectivity index (χ3v) is 7.36. The van der Waals surface area contributed by atoms with Crippen molar-refractivity contribution < 1.29 is 0 Å². The van der Waals surface area contributed by atoms with Crippen molar-refractivity contribution in [3.05, 3.63) is 111 Å². The Balaban J connectivity index is 1.43. The highest BCUT2D eigenvalue weighted by Gasteiger charge is 2.21. The van der Waals surface area contributed by atoms with Crippen LogP contribution in [0.2, 0.25) is 0 Å². The van der Waals surface area contributed by atoms with Crippen molar-refractivity contribution in [2.45, 2.75) is 32.2 Å². The van der Waals surface area contributed by atoms with Gasteiger partial charge in [-0.25, -0.2) is 4.98 Å². The van der Waals surface area contributed by atoms with Crippen LogP contribution in [0.15, 0.2) is 71.9 Å². The smallest absolute Gasteiger partial charge is 0.260 e. The summed E-state index contributed by atoms with van der Waals surface area (Å²) in [4.78, 5) is 27.8. The summed E-state index contributed by atoms with van der Waals surface area (Å²) in [6.45, 7) is 0.690. The van der Waals surface area contributed by atoms with E-state index in [1.807, 2.05) is 59.5 Å². The van der Waals surface area contributed by atoms with Gasteiger partial charge in [0.25, 0.3) is 5.56 Å². The summed E-state index contributed by atoms with van der Waals surface area (Å²) in [5.41, 5.74) is 4.75. The quantitative estimate of drug-likeness (QED) is 0.392. The van der Waals surface area contributed by atoms with Gasteiger partial charge in [0.2, 0.25) is 0 Å². The maximum absolute atomic E-state index is 13.2. The Morgan fingerprint density at radius 1 is 1.09 bits per heavy atom. The van der Waals surface area contributed by atoms with Gasteiger partial charge in [0.1, 0.15) is 10.7 Å². The van der Waals surface area contributed by atoms with Crippen LogP contribution in [0.1, 0.15) is 45.9 Å². The van der Waals surface area contributed by atoms with Crippen molar-refractivity contribution in [1.29, 1.82) is 0 Å². The van der Waals surface area contributed by atoms with Crippen molar-refractivity contribution in [1.82, 2.24) is 24.7 Å². The Morgan fingerprint density at radius 2 is 1.94 bits per heavy atom. The number of benzene rings is 1. The van der Waals surface area contributed by atoms with Gasteiger partial charge in [-0.2, -0.15) is 5.10 Å². The molecular weight excluding hydrogens is 442 g/mol. The molecule has 0 bridgehead atoms. The van der Waals surface area contributed by atoms with Crippen molar-refractivity contribution in [2.24, 2.45) is 0 Å². The molecule has 1 aromatic carbocycles. The molecule has 7 heteroatoms. The highest BCUT2D eigenvalue weighted by Crippen LogP contribution is 2.34. The maximum Gasteiger partial charge on any atom is 0.260 e. The maximum atomic E-state index is 13.2. The molecule has 0 aliphatic heterocycles. The molecule has 0 atom stereocenters. The first-order valence-electron chi connectivity index (χ1n) is 11.5. The van der Waals surface area contributed by atoms with Gasteiger partial charge in [0.05, 0.1) is 23.8 Å². The van der Waals surface area contributed by atoms with Crippen molar-refractivity contribution >= 4 is 33.2 Å². The van der Waals surface area contributed by atoms with Gasteiger partial charge in [-0.15, -0.1) is 11.3 Å². The van der Waals surface area contributed by atoms with Crippen LogP contribution in [0.4, 0.5) is 0 Å². The van der Waals surface area contributed by atoms with Crippen molar-refractivity contribution in [3.63, 3.8) is 0 Å². The highest BCUT2D eigenvalue weighted by molar-refractivity contribution is 7.18. The largest absolute Gasteiger partial charge is 0.306 e. The summed E-state index contributed by atoms with van der Waals surface area (Å²) in [6, 6.07) is 16.0. The minimum absolute atomic E-state index is 0.0685. The zero-order chi connectivity index (χ0) is 22.9. The van der Waals surface area contributed by atoms with E-state index >= 15 is 0 Å². The van der Waals surface area contributed by atoms with Crippen LogP contribution < -0.4 is 5.56 Å². The predicted octanol–water partition coefficient (Wildman–Crippen LogP) is 5.09. The average molecular weight is 466 g/mol. The number of hydrogen-bond donors (Lipinski definition) is 1. The van der Waals surface area contributed by atoms with Crippen LogP contribution in [0, 0.1) is 0 Å². The Hall–Kier alpha value is -3.84. The number of nitrogens with zero attached hydrogens (tertiary/aromatic N) is 4. The summed E-state index contributed by atoms with van der Waals surface area (Å²) in [5, 5.41) is 5.29. The van der Waals surface area contributed by atoms with Gasteiger partial charge in [-0.1, -0.05) is 36.4 Å². The molecule has 0 saturated heterocycles. The van der Waals surface area contributed by atoms with Gasteiger partial charge < -0.3 is 4.98 Å². The number of rotatable bonds is 5. The topological polar surface area (TPSA) is 76.5 Å². The van der Waals surface area contributed by atoms with E-state index in [1.54, 1.807) is 17.5 Å². The van der Waals surface area contributed by atoms with Gasteiger partial charge in [0.15, 0.2) is 0 Å². The minimum atomic E-state index is -0.0685. The van der Waals surface area contributed by atoms with E-state index in [2.05, 4.69) is 27.2 Å². The van der Waals surface area contributed by atoms with E-state index in [4.69, 9.17) is 4.98 Å². The summed E-state index contributed by atoms with van der Waals surface area (Å²) >= 11 is 1.66. The molecule has 6 nitrogen and oxygen atoms in total. The number of aromatic amines is 1. The minimum Gasteiger partial charge on any atom is -0.306 e. The van der Waals surface area contributed by atoms with Gasteiger partial charge >= 0.3 is 0 Å². The Bertz CT molecular complexity index is 1550. The third kappa shape index (κ3) is 3.99. The van der Waals surface area contributed by atoms with E-state index in [-0.39, 0.29) is 5.56 Å². The standard InChI is InChI=1S/C27H23N5OS/c33-26-24-20-10-4-5-12-23(20)34-27(24)31-25(30-26)21(22-11-6-7-13-28-22)14-19-15-29-32(17-19)16-18-8-2-1-3-9-18/h1-3,6-9,11,13-15,17H,4-5,10,12,16H2,(H,30,31,33). The zero-order valence-corrected chi connectivity index (χ0v) is 19.4. The zero-order valence-electron chi connectivity index (χ0n) is 18.6. The van der Waals surface area contributed by atoms with Crippen LogP contribution in [0.3, 0.4) is 0 Å². The fourth-order valence-corrected chi connectivity index (χ4v) is 5.82. The molecule has 6 rings (SSSR count). The summed E-state index contributed by atoms with van der Waals surface area (Å²) in [7, 11) is 0. The van der Waals surface area contributed by atoms with E-state index < -0.39 is 0 Å². The highest BCUT2D eigenvalue weighted by atomic mass is 32.1. The molecule has 5 aromatic rings. The first-order chi connectivity index (χ1) is 16.7. The van der Waals surface area contributed by atoms with E-state index in [0.29, 0.717) is 12.4 Å². The second kappa shape index (κ2) is 8.83. The molecule has 0 spiro atoms. The second-order valence-corrected chi connectivity index (χ2v) is 9.62. The number of H-pyrrole nitrogens is 1. The molecule has 0 fully saturated rings. The number of hydrogen-bond acceptors (Lipinski definition) is 5. The van der Waals surface area contributed by atoms with E-state index in [0.717, 1.165) is 46.3 Å². The van der Waals surface area contributed by atoms with Crippen molar-refractivity contribution in [3.8, 4) is 0 Å². The summed E-state index contributed by atoms with van der Waals surface area (Å²) in [5.74, 6) is 0.533. The van der Waals surface area contributed by atoms with Gasteiger partial charge in [-0.05, 0) is 55.0 Å². The summed E-state index contributed by atoms with van der Waals surface area (Å²) in [6.07, 6.45) is 11.9. The molecular formula is C27H23N5OS. The van der Waals surface area contributed by atoms with Gasteiger partial charge in [-0.3, -0.25) is 14.5 Å². The number of nitrogens with one attached hydrogen (secondary N) is 1. The summed E-state index contributed by atoms with van der Waals surface area (Å²) < 4.78 is 1.91. The molecule has 0 unspecified atom stereocenters. The molecule has 0 saturated carbocycles. The number of thiophene rings is 1. The van der Waals surface area contributed by atoms with Crippen LogP contribution in [-0.2, 0) is 19.4 Å². The van der Waals surface area contributed by atoms with Crippen LogP contribution in [-0.4, -0.2) is 24.7 Å². The number of aromatic nitrogens is 5. The monoisotopic (exact) mass is 465 g/mol. The molecule has 1 N–H and O–H groups in total. The Kier molecular flexibility index (Phi) is 5.39. The fourth-order valence-electron chi connectivity index (χ4n) is 4.55. The molecule has 1 aliphatic rings. The second-order valence-electron chi connectivity index (χ2n) is 8.54. The molecule has 4 heterocycles. The molecule has 1 aliphatic carbocycles. The number of aryl methyl sites for hydroxylation is 2. The third-order valence-electron chi connectivity index (χ3n) is 6.17. The average Bonchev–Trinajstić information content (AvgIpc) is 3.47. The molecule has 168 valence electrons. The van der Waals surface area contributed by atoms with E-state index in [1.165, 1.54) is 22.4 Å². The van der Waals surface area contributed by atoms with Crippen molar-refractivity contribution in [2.75, 3.05) is 0 Å². The predicted molar refractivity (Wildman–Crippen MR) is 136 cm³/mol.